The molecule has 706 valence electrons. The number of hydrogen-bond acceptors (Lipinski definition) is 29. The molecule has 1 aromatic heterocycles. The number of benzene rings is 2. The van der Waals surface area contributed by atoms with E-state index in [1.165, 1.54) is 29.3 Å². The van der Waals surface area contributed by atoms with Gasteiger partial charge in [0.2, 0.25) is 29.5 Å². The summed E-state index contributed by atoms with van der Waals surface area (Å²) in [4.78, 5) is 178. The summed E-state index contributed by atoms with van der Waals surface area (Å²) in [6.45, 7) is 10.6. The number of ketones is 2. The summed E-state index contributed by atoms with van der Waals surface area (Å²) >= 11 is -2.04. The highest BCUT2D eigenvalue weighted by atomic mass is 33.1. The Morgan fingerprint density at radius 2 is 1.43 bits per heavy atom. The molecule has 0 spiro atoms. The molecule has 1 aliphatic carbocycles. The first kappa shape index (κ1) is 108. The van der Waals surface area contributed by atoms with Gasteiger partial charge in [-0.2, -0.15) is 0 Å². The molecule has 3 aromatic rings. The molecule has 14 N–H and O–H groups in total. The predicted octanol–water partition coefficient (Wildman–Crippen LogP) is 7.01. The van der Waals surface area contributed by atoms with Crippen LogP contribution < -0.4 is 47.7 Å². The first-order chi connectivity index (χ1) is 59.7. The number of nitrogens with one attached hydrogen (secondary N) is 8. The minimum Gasteiger partial charge on any atom is -0.508 e. The number of carboxylic acids is 2. The number of phenolic OH excluding ortho intramolecular Hbond substituents is 1. The molecule has 2 aromatic carbocycles. The lowest BCUT2D eigenvalue weighted by atomic mass is 9.92. The molecule has 37 nitrogen and oxygen atoms in total. The highest BCUT2D eigenvalue weighted by Gasteiger charge is 2.41. The molecule has 2 heterocycles. The van der Waals surface area contributed by atoms with Crippen molar-refractivity contribution in [2.75, 3.05) is 100 Å². The third kappa shape index (κ3) is 37.5. The molecule has 2 aliphatic rings. The summed E-state index contributed by atoms with van der Waals surface area (Å²) in [5.41, 5.74) is 4.27. The van der Waals surface area contributed by atoms with E-state index in [2.05, 4.69) is 42.2 Å². The first-order valence-corrected chi connectivity index (χ1v) is 48.0. The Labute approximate surface area is 745 Å². The van der Waals surface area contributed by atoms with Crippen LogP contribution in [0.1, 0.15) is 198 Å². The van der Waals surface area contributed by atoms with Gasteiger partial charge in [0, 0.05) is 93.0 Å². The lowest BCUT2D eigenvalue weighted by Crippen LogP contribution is -2.59. The predicted molar refractivity (Wildman–Crippen MR) is 463 cm³/mol. The van der Waals surface area contributed by atoms with Gasteiger partial charge in [-0.15, -0.1) is 11.3 Å². The van der Waals surface area contributed by atoms with E-state index < -0.39 is 231 Å². The Morgan fingerprint density at radius 3 is 2.06 bits per heavy atom. The number of nitrogens with zero attached hydrogens (tertiary/aromatic N) is 3. The summed E-state index contributed by atoms with van der Waals surface area (Å²) in [5.74, 6) is -19.4. The number of likely N-dealkylation sites (N-methyl/N-ethyl adjacent to an activating group) is 1. The summed E-state index contributed by atoms with van der Waals surface area (Å²) in [5, 5.41) is 49.4. The van der Waals surface area contributed by atoms with Crippen LogP contribution in [0.2, 0.25) is 0 Å². The van der Waals surface area contributed by atoms with Crippen LogP contribution in [-0.2, 0) is 104 Å². The maximum absolute atomic E-state index is 15.8. The van der Waals surface area contributed by atoms with E-state index in [1.807, 2.05) is 39.6 Å². The number of carboxylic acid groups (broad SMARTS) is 2. The number of hydrogen-bond donors (Lipinski definition) is 13. The molecule has 2 fully saturated rings. The Hall–Kier alpha value is -8.83. The van der Waals surface area contributed by atoms with Crippen molar-refractivity contribution < 1.29 is 132 Å². The van der Waals surface area contributed by atoms with Gasteiger partial charge in [-0.3, -0.25) is 71.7 Å². The number of aromatic hydroxyl groups is 1. The molecule has 7 amide bonds. The SMILES string of the molecule is CCCC(=O)OCN(C(=O)[C@@H](NC(=O)C1CCCCN1C)[C@@H](C)CC)C(C[C@@H](OC(C)=O)c1nc(C(=O)N[C@@H](Cc2ccc(O)cc2)C[C@H](C)C(=O)CNC(=O)OCCSSC[C@H](CC(=O)[C@H](CC(=O)O)NC(=O)[C@@H](N)CNC(=O)CCOCCOCCNC(=O)CCS(=O)(=O)c2c(F)c(F)c(NS(=O)O)c(F)c2NC2CCCCCCC2)C(=O)O)cs1)C(C)C. The van der Waals surface area contributed by atoms with Crippen molar-refractivity contribution in [1.82, 2.24) is 46.7 Å². The molecule has 5 rings (SSSR count). The summed E-state index contributed by atoms with van der Waals surface area (Å²) in [6, 6.07) is -0.606. The Morgan fingerprint density at radius 1 is 0.762 bits per heavy atom. The van der Waals surface area contributed by atoms with E-state index in [-0.39, 0.29) is 117 Å². The summed E-state index contributed by atoms with van der Waals surface area (Å²) < 4.78 is 123. The van der Waals surface area contributed by atoms with Crippen molar-refractivity contribution in [1.29, 1.82) is 0 Å². The number of aliphatic carboxylic acids is 2. The van der Waals surface area contributed by atoms with Crippen LogP contribution in [0.5, 0.6) is 5.75 Å². The quantitative estimate of drug-likeness (QED) is 0.00513. The smallest absolute Gasteiger partial charge is 0.407 e. The second kappa shape index (κ2) is 55.8. The molecule has 1 saturated heterocycles. The van der Waals surface area contributed by atoms with Gasteiger partial charge in [0.1, 0.15) is 45.7 Å². The number of carbonyl (C=O) groups is 13. The number of likely N-dealkylation sites (tertiary alicyclic amines) is 1. The maximum atomic E-state index is 15.8. The number of rotatable bonds is 57. The minimum absolute atomic E-state index is 0.0167. The second-order valence-corrected chi connectivity index (χ2v) is 37.5. The van der Waals surface area contributed by atoms with Gasteiger partial charge in [-0.25, -0.2) is 35.6 Å². The molecule has 11 atom stereocenters. The zero-order valence-corrected chi connectivity index (χ0v) is 76.2. The lowest BCUT2D eigenvalue weighted by molar-refractivity contribution is -0.160. The highest BCUT2D eigenvalue weighted by Crippen LogP contribution is 2.39. The number of anilines is 2. The number of nitrogens with two attached hydrogens (primary N) is 1. The summed E-state index contributed by atoms with van der Waals surface area (Å²) in [7, 11) is -0.994. The first-order valence-electron chi connectivity index (χ1n) is 41.9. The minimum atomic E-state index is -4.91. The van der Waals surface area contributed by atoms with Crippen LogP contribution in [-0.4, -0.2) is 257 Å². The topological polar surface area (TPSA) is 542 Å². The average Bonchev–Trinajstić information content (AvgIpc) is 0.863. The molecule has 1 saturated carbocycles. The number of ether oxygens (including phenoxy) is 5. The third-order valence-corrected chi connectivity index (χ3v) is 26.5. The molecule has 45 heteroatoms. The van der Waals surface area contributed by atoms with Crippen LogP contribution in [0.3, 0.4) is 0 Å². The molecular formula is C81H121F3N12O25S5. The zero-order chi connectivity index (χ0) is 93.3. The van der Waals surface area contributed by atoms with Crippen molar-refractivity contribution in [2.24, 2.45) is 29.4 Å². The Balaban J connectivity index is 1.03. The number of aromatic nitrogens is 1. The van der Waals surface area contributed by atoms with Gasteiger partial charge in [-0.1, -0.05) is 120 Å². The van der Waals surface area contributed by atoms with Crippen molar-refractivity contribution in [2.45, 2.75) is 230 Å². The number of amides is 7. The van der Waals surface area contributed by atoms with Crippen molar-refractivity contribution in [3.05, 3.63) is 63.4 Å². The van der Waals surface area contributed by atoms with E-state index in [4.69, 9.17) is 29.4 Å². The van der Waals surface area contributed by atoms with Gasteiger partial charge >= 0.3 is 30.0 Å². The van der Waals surface area contributed by atoms with Crippen LogP contribution in [0.25, 0.3) is 0 Å². The van der Waals surface area contributed by atoms with E-state index in [0.29, 0.717) is 57.1 Å². The van der Waals surface area contributed by atoms with Crippen molar-refractivity contribution in [3.8, 4) is 5.75 Å². The molecule has 1 aliphatic heterocycles. The molecular weight excluding hydrogens is 1760 g/mol. The largest absolute Gasteiger partial charge is 0.508 e. The van der Waals surface area contributed by atoms with Crippen molar-refractivity contribution >= 4 is 142 Å². The zero-order valence-electron chi connectivity index (χ0n) is 72.1. The van der Waals surface area contributed by atoms with Gasteiger partial charge in [0.05, 0.1) is 68.8 Å². The summed E-state index contributed by atoms with van der Waals surface area (Å²) in [6.07, 6.45) is 3.73. The number of thiazole rings is 1. The second-order valence-electron chi connectivity index (χ2n) is 31.3. The number of carbonyl (C=O) groups excluding carboxylic acids is 11. The highest BCUT2D eigenvalue weighted by molar-refractivity contribution is 8.76. The lowest BCUT2D eigenvalue weighted by Gasteiger charge is -2.39. The average molecular weight is 1880 g/mol. The number of sulfone groups is 1. The number of alkyl carbamates (subject to hydrolysis) is 1. The van der Waals surface area contributed by atoms with Crippen LogP contribution in [0.4, 0.5) is 29.3 Å². The maximum Gasteiger partial charge on any atom is 0.407 e. The number of esters is 2. The standard InChI is InChI=1S/C81H121F3N12O25S5/c1-9-18-67(105)120-46-96(79(109)71(48(5)10-2)93-77(108)59-21-16-17-29-95(59)8)60(47(3)4)41-63(121-50(7)97)78-92-58(45-122-78)76(107)90-54(38-51-22-24-55(98)25-23-51)37-49(6)62(100)43-88-81(112)119-34-35-123-124-44-52(80(110)111)39-61(99)57(40-66(103)104)91-75(106)56(85)42-87-64(101)26-30-117-32-33-118-31-28-86-65(102)27-36-126(115,116)74-69(83)68(82)72(94-125(113)114)70(84)73(74)89-53-19-14-12-11-13-15-20-53/h22-25,45,47-49,52-54,56-57,59-60,63,71,89,94,98H,9-21,26-44,46,85H2,1-8H3,(H,86,102)(H,87,101)(H,88,112)(H,90,107)(H,91,106)(H,93,108)(H,103,104)(H,110,111)(H,113,114)/t48-,49-,52-,54+,56-,57-,59?,60?,63+,71-/m0/s1. The van der Waals surface area contributed by atoms with Crippen molar-refractivity contribution in [3.63, 3.8) is 0 Å². The van der Waals surface area contributed by atoms with E-state index in [1.54, 1.807) is 30.7 Å². The number of halogens is 3. The van der Waals surface area contributed by atoms with E-state index >= 15 is 18.0 Å². The van der Waals surface area contributed by atoms with E-state index in [0.717, 1.165) is 65.0 Å². The fourth-order valence-corrected chi connectivity index (χ4v) is 18.6. The van der Waals surface area contributed by atoms with E-state index in [9.17, 15) is 90.0 Å². The molecule has 126 heavy (non-hydrogen) atoms. The van der Waals surface area contributed by atoms with Crippen LogP contribution >= 0.6 is 32.9 Å². The molecule has 0 radical (unpaired) electrons. The number of Topliss-reactive ketones (excluding diaryl/α,β-unsaturated/α-hetero) is 2. The Kier molecular flexibility index (Phi) is 47.7. The monoisotopic (exact) mass is 1880 g/mol. The third-order valence-electron chi connectivity index (χ3n) is 21.0. The normalized spacial score (nSPS) is 16.3. The number of phenols is 1. The Bertz CT molecular complexity index is 4270. The van der Waals surface area contributed by atoms with Gasteiger partial charge in [-0.05, 0) is 88.1 Å². The van der Waals surface area contributed by atoms with Gasteiger partial charge in [0.15, 0.2) is 51.7 Å². The van der Waals surface area contributed by atoms with Gasteiger partial charge < -0.3 is 86.9 Å². The number of piperidine rings is 1. The fourth-order valence-electron chi connectivity index (χ4n) is 13.8. The van der Waals surface area contributed by atoms with Crippen LogP contribution in [0, 0.1) is 41.1 Å². The van der Waals surface area contributed by atoms with Gasteiger partial charge in [0.25, 0.3) is 17.2 Å². The molecule has 3 unspecified atom stereocenters. The van der Waals surface area contributed by atoms with Crippen LogP contribution in [0.15, 0.2) is 34.5 Å². The fraction of sp³-hybridized carbons (Fsp3) is 0.654. The molecule has 0 bridgehead atoms.